The zero-order chi connectivity index (χ0) is 23.8. The lowest BCUT2D eigenvalue weighted by atomic mass is 10.1. The van der Waals surface area contributed by atoms with Gasteiger partial charge in [-0.05, 0) is 61.1 Å². The summed E-state index contributed by atoms with van der Waals surface area (Å²) in [6.07, 6.45) is 4.90. The van der Waals surface area contributed by atoms with Crippen molar-refractivity contribution in [3.63, 3.8) is 0 Å². The van der Waals surface area contributed by atoms with Crippen molar-refractivity contribution in [1.29, 1.82) is 0 Å². The minimum atomic E-state index is -4.32. The van der Waals surface area contributed by atoms with Crippen LogP contribution in [0.1, 0.15) is 41.1 Å². The Balaban J connectivity index is 1.17. The summed E-state index contributed by atoms with van der Waals surface area (Å²) in [7, 11) is 0. The van der Waals surface area contributed by atoms with Crippen LogP contribution in [-0.4, -0.2) is 20.0 Å². The van der Waals surface area contributed by atoms with E-state index in [0.717, 1.165) is 49.3 Å². The van der Waals surface area contributed by atoms with Gasteiger partial charge in [0, 0.05) is 19.2 Å². The normalized spacial score (nSPS) is 11.6. The monoisotopic (exact) mass is 470 g/mol. The van der Waals surface area contributed by atoms with E-state index in [-0.39, 0.29) is 6.61 Å². The number of oxazole rings is 1. The summed E-state index contributed by atoms with van der Waals surface area (Å²) in [6.45, 7) is 1.15. The molecule has 4 rings (SSSR count). The van der Waals surface area contributed by atoms with Gasteiger partial charge < -0.3 is 9.15 Å². The molecule has 2 aromatic heterocycles. The maximum Gasteiger partial charge on any atom is 0.416 e. The van der Waals surface area contributed by atoms with Crippen LogP contribution in [0.25, 0.3) is 0 Å². The fraction of sp³-hybridized carbons (Fsp3) is 0.320. The van der Waals surface area contributed by atoms with Crippen LogP contribution in [0, 0.1) is 0 Å². The van der Waals surface area contributed by atoms with Gasteiger partial charge in [0.2, 0.25) is 0 Å². The van der Waals surface area contributed by atoms with Crippen molar-refractivity contribution in [2.24, 2.45) is 0 Å². The predicted octanol–water partition coefficient (Wildman–Crippen LogP) is 5.67. The first kappa shape index (κ1) is 23.5. The average Bonchev–Trinajstić information content (AvgIpc) is 3.52. The number of nitrogens with zero attached hydrogens (tertiary/aromatic N) is 4. The van der Waals surface area contributed by atoms with E-state index in [0.29, 0.717) is 24.4 Å². The number of aromatic nitrogens is 4. The molecule has 0 aliphatic heterocycles. The summed E-state index contributed by atoms with van der Waals surface area (Å²) in [5.74, 6) is 1.28. The standard InChI is InChI=1S/C25H25F3N4O2/c26-25(27,28)21-9-4-20(5-10-21)8-13-24-30-22(18-34-24)17-33-23-11-6-19(7-12-23)3-1-2-15-32-16-14-29-31-32/h4-7,9-12,14,16,18H,1-3,8,13,15,17H2. The third-order valence-electron chi connectivity index (χ3n) is 5.39. The van der Waals surface area contributed by atoms with Crippen molar-refractivity contribution in [3.05, 3.63) is 95.5 Å². The van der Waals surface area contributed by atoms with E-state index in [1.165, 1.54) is 17.7 Å². The fourth-order valence-corrected chi connectivity index (χ4v) is 3.51. The zero-order valence-electron chi connectivity index (χ0n) is 18.5. The van der Waals surface area contributed by atoms with Gasteiger partial charge >= 0.3 is 6.18 Å². The lowest BCUT2D eigenvalue weighted by Crippen LogP contribution is -2.04. The number of ether oxygens (including phenoxy) is 1. The van der Waals surface area contributed by atoms with Crippen molar-refractivity contribution in [2.75, 3.05) is 0 Å². The minimum absolute atomic E-state index is 0.279. The van der Waals surface area contributed by atoms with Crippen LogP contribution in [0.15, 0.2) is 71.6 Å². The molecule has 0 spiro atoms. The van der Waals surface area contributed by atoms with Gasteiger partial charge in [-0.1, -0.05) is 29.5 Å². The molecule has 4 aromatic rings. The maximum absolute atomic E-state index is 12.7. The van der Waals surface area contributed by atoms with Crippen LogP contribution in [0.5, 0.6) is 5.75 Å². The fourth-order valence-electron chi connectivity index (χ4n) is 3.51. The Morgan fingerprint density at radius 3 is 2.32 bits per heavy atom. The van der Waals surface area contributed by atoms with E-state index >= 15 is 0 Å². The number of rotatable bonds is 11. The van der Waals surface area contributed by atoms with E-state index in [1.807, 2.05) is 23.0 Å². The summed E-state index contributed by atoms with van der Waals surface area (Å²) >= 11 is 0. The highest BCUT2D eigenvalue weighted by molar-refractivity contribution is 5.27. The van der Waals surface area contributed by atoms with Gasteiger partial charge in [-0.2, -0.15) is 13.2 Å². The van der Waals surface area contributed by atoms with Crippen LogP contribution in [0.4, 0.5) is 13.2 Å². The highest BCUT2D eigenvalue weighted by Crippen LogP contribution is 2.29. The Bertz CT molecular complexity index is 1140. The largest absolute Gasteiger partial charge is 0.487 e. The van der Waals surface area contributed by atoms with E-state index in [1.54, 1.807) is 12.5 Å². The van der Waals surface area contributed by atoms with Gasteiger partial charge in [-0.3, -0.25) is 4.68 Å². The second-order valence-electron chi connectivity index (χ2n) is 7.98. The molecule has 2 aromatic carbocycles. The molecule has 0 amide bonds. The van der Waals surface area contributed by atoms with Gasteiger partial charge in [0.15, 0.2) is 5.89 Å². The second-order valence-corrected chi connectivity index (χ2v) is 7.98. The van der Waals surface area contributed by atoms with Crippen LogP contribution in [0.2, 0.25) is 0 Å². The Kier molecular flexibility index (Phi) is 7.61. The molecule has 2 heterocycles. The Labute approximate surface area is 195 Å². The first-order valence-electron chi connectivity index (χ1n) is 11.1. The Morgan fingerprint density at radius 1 is 0.882 bits per heavy atom. The van der Waals surface area contributed by atoms with Crippen molar-refractivity contribution in [1.82, 2.24) is 20.0 Å². The SMILES string of the molecule is FC(F)(F)c1ccc(CCc2nc(COc3ccc(CCCCn4ccnn4)cc3)co2)cc1. The number of aryl methyl sites for hydroxylation is 4. The summed E-state index contributed by atoms with van der Waals surface area (Å²) in [5, 5.41) is 7.76. The molecule has 6 nitrogen and oxygen atoms in total. The summed E-state index contributed by atoms with van der Waals surface area (Å²) in [4.78, 5) is 4.40. The number of benzene rings is 2. The molecule has 0 saturated heterocycles. The molecule has 0 radical (unpaired) electrons. The van der Waals surface area contributed by atoms with Crippen molar-refractivity contribution in [2.45, 2.75) is 51.4 Å². The highest BCUT2D eigenvalue weighted by Gasteiger charge is 2.29. The molecule has 0 fully saturated rings. The summed E-state index contributed by atoms with van der Waals surface area (Å²) in [5.41, 5.74) is 2.06. The summed E-state index contributed by atoms with van der Waals surface area (Å²) < 4.78 is 51.1. The molecule has 0 unspecified atom stereocenters. The number of hydrogen-bond donors (Lipinski definition) is 0. The molecule has 34 heavy (non-hydrogen) atoms. The van der Waals surface area contributed by atoms with Crippen LogP contribution >= 0.6 is 0 Å². The number of hydrogen-bond acceptors (Lipinski definition) is 5. The van der Waals surface area contributed by atoms with Gasteiger partial charge in [-0.15, -0.1) is 5.10 Å². The lowest BCUT2D eigenvalue weighted by Gasteiger charge is -2.07. The molecule has 0 atom stereocenters. The smallest absolute Gasteiger partial charge is 0.416 e. The third kappa shape index (κ3) is 6.94. The zero-order valence-corrected chi connectivity index (χ0v) is 18.5. The van der Waals surface area contributed by atoms with Crippen LogP contribution < -0.4 is 4.74 Å². The highest BCUT2D eigenvalue weighted by atomic mass is 19.4. The molecule has 0 aliphatic rings. The van der Waals surface area contributed by atoms with Crippen molar-refractivity contribution in [3.8, 4) is 5.75 Å². The molecule has 0 N–H and O–H groups in total. The van der Waals surface area contributed by atoms with Gasteiger partial charge in [-0.25, -0.2) is 4.98 Å². The van der Waals surface area contributed by atoms with E-state index in [4.69, 9.17) is 9.15 Å². The number of unbranched alkanes of at least 4 members (excludes halogenated alkanes) is 1. The third-order valence-corrected chi connectivity index (χ3v) is 5.39. The van der Waals surface area contributed by atoms with Gasteiger partial charge in [0.1, 0.15) is 24.3 Å². The molecule has 0 aliphatic carbocycles. The lowest BCUT2D eigenvalue weighted by molar-refractivity contribution is -0.137. The van der Waals surface area contributed by atoms with Crippen molar-refractivity contribution < 1.29 is 22.3 Å². The second kappa shape index (κ2) is 11.0. The predicted molar refractivity (Wildman–Crippen MR) is 119 cm³/mol. The topological polar surface area (TPSA) is 66.0 Å². The average molecular weight is 470 g/mol. The molecular weight excluding hydrogens is 445 g/mol. The number of halogens is 3. The van der Waals surface area contributed by atoms with Crippen molar-refractivity contribution >= 4 is 0 Å². The quantitative estimate of drug-likeness (QED) is 0.264. The van der Waals surface area contributed by atoms with Gasteiger partial charge in [0.05, 0.1) is 11.8 Å². The molecule has 178 valence electrons. The van der Waals surface area contributed by atoms with Crippen LogP contribution in [-0.2, 0) is 38.6 Å². The Hall–Kier alpha value is -3.62. The van der Waals surface area contributed by atoms with E-state index in [2.05, 4.69) is 27.4 Å². The van der Waals surface area contributed by atoms with Crippen LogP contribution in [0.3, 0.4) is 0 Å². The molecular formula is C25H25F3N4O2. The first-order chi connectivity index (χ1) is 16.5. The first-order valence-corrected chi connectivity index (χ1v) is 11.1. The molecule has 0 saturated carbocycles. The minimum Gasteiger partial charge on any atom is -0.487 e. The summed E-state index contributed by atoms with van der Waals surface area (Å²) in [6, 6.07) is 13.2. The van der Waals surface area contributed by atoms with E-state index < -0.39 is 11.7 Å². The Morgan fingerprint density at radius 2 is 1.62 bits per heavy atom. The molecule has 9 heteroatoms. The van der Waals surface area contributed by atoms with E-state index in [9.17, 15) is 13.2 Å². The molecule has 0 bridgehead atoms. The number of alkyl halides is 3. The maximum atomic E-state index is 12.7. The van der Waals surface area contributed by atoms with Gasteiger partial charge in [0.25, 0.3) is 0 Å².